The van der Waals surface area contributed by atoms with Crippen LogP contribution in [-0.2, 0) is 4.79 Å². The maximum absolute atomic E-state index is 13.0. The smallest absolute Gasteiger partial charge is 0.247 e. The third-order valence-corrected chi connectivity index (χ3v) is 6.13. The molecular weight excluding hydrogens is 411 g/mol. The number of nitrogens with zero attached hydrogens (tertiary/aromatic N) is 5. The molecule has 2 heterocycles. The summed E-state index contributed by atoms with van der Waals surface area (Å²) in [6.45, 7) is 3.05. The minimum absolute atomic E-state index is 0.0453. The summed E-state index contributed by atoms with van der Waals surface area (Å²) in [5, 5.41) is 3.02. The predicted molar refractivity (Wildman–Crippen MR) is 120 cm³/mol. The average molecular weight is 437 g/mol. The molecule has 2 fully saturated rings. The summed E-state index contributed by atoms with van der Waals surface area (Å²) in [6, 6.07) is 15.8. The number of hydrogen-bond acceptors (Lipinski definition) is 4. The van der Waals surface area contributed by atoms with Crippen molar-refractivity contribution in [3.8, 4) is 0 Å². The van der Waals surface area contributed by atoms with Gasteiger partial charge in [-0.1, -0.05) is 18.2 Å². The zero-order valence-corrected chi connectivity index (χ0v) is 17.8. The molecule has 2 saturated heterocycles. The molecule has 168 valence electrons. The van der Waals surface area contributed by atoms with Gasteiger partial charge in [-0.3, -0.25) is 14.5 Å². The molecule has 8 nitrogen and oxygen atoms in total. The van der Waals surface area contributed by atoms with Crippen molar-refractivity contribution in [1.82, 2.24) is 10.2 Å². The number of anilines is 1. The number of benzene rings is 2. The van der Waals surface area contributed by atoms with Crippen LogP contribution in [0.1, 0.15) is 36.0 Å². The highest BCUT2D eigenvalue weighted by Crippen LogP contribution is 2.36. The van der Waals surface area contributed by atoms with Crippen molar-refractivity contribution >= 4 is 17.4 Å². The Balaban J connectivity index is 0.000000913. The van der Waals surface area contributed by atoms with Gasteiger partial charge in [-0.05, 0) is 62.2 Å². The third-order valence-electron chi connectivity index (χ3n) is 6.13. The Morgan fingerprint density at radius 2 is 1.69 bits per heavy atom. The van der Waals surface area contributed by atoms with E-state index >= 15 is 0 Å². The number of hydrogen-bond donors (Lipinski definition) is 1. The number of halogens is 1. The first-order chi connectivity index (χ1) is 15.5. The molecule has 32 heavy (non-hydrogen) atoms. The van der Waals surface area contributed by atoms with Crippen LogP contribution >= 0.6 is 0 Å². The van der Waals surface area contributed by atoms with E-state index < -0.39 is 5.54 Å². The Kier molecular flexibility index (Phi) is 7.81. The first kappa shape index (κ1) is 23.2. The number of piperidine rings is 1. The number of ketones is 1. The van der Waals surface area contributed by atoms with Crippen LogP contribution in [0.25, 0.3) is 16.0 Å². The quantitative estimate of drug-likeness (QED) is 0.318. The fraction of sp³-hybridized carbons (Fsp3) is 0.391. The molecule has 2 aliphatic heterocycles. The van der Waals surface area contributed by atoms with Gasteiger partial charge in [0.05, 0.1) is 6.67 Å². The van der Waals surface area contributed by atoms with E-state index in [9.17, 15) is 14.0 Å². The van der Waals surface area contributed by atoms with Gasteiger partial charge in [0.25, 0.3) is 0 Å². The molecule has 0 atom stereocenters. The monoisotopic (exact) mass is 437 g/mol. The first-order valence-corrected chi connectivity index (χ1v) is 10.6. The lowest BCUT2D eigenvalue weighted by Gasteiger charge is -2.43. The molecule has 0 saturated carbocycles. The van der Waals surface area contributed by atoms with Gasteiger partial charge in [0, 0.05) is 30.8 Å². The molecule has 0 radical (unpaired) electrons. The van der Waals surface area contributed by atoms with Gasteiger partial charge in [-0.25, -0.2) is 4.39 Å². The largest absolute Gasteiger partial charge is 0.373 e. The topological polar surface area (TPSA) is 111 Å². The summed E-state index contributed by atoms with van der Waals surface area (Å²) in [6.07, 6.45) is 2.76. The maximum atomic E-state index is 13.0. The van der Waals surface area contributed by atoms with Gasteiger partial charge in [0.15, 0.2) is 5.78 Å². The second kappa shape index (κ2) is 10.7. The van der Waals surface area contributed by atoms with Gasteiger partial charge in [0.1, 0.15) is 11.4 Å². The summed E-state index contributed by atoms with van der Waals surface area (Å²) in [5.74, 6) is -0.166. The molecule has 0 aliphatic carbocycles. The average Bonchev–Trinajstić information content (AvgIpc) is 3.12. The molecular formula is C23H26FN6O2-. The van der Waals surface area contributed by atoms with Crippen molar-refractivity contribution in [1.29, 1.82) is 0 Å². The predicted octanol–water partition coefficient (Wildman–Crippen LogP) is 4.08. The van der Waals surface area contributed by atoms with Gasteiger partial charge in [-0.2, -0.15) is 0 Å². The minimum Gasteiger partial charge on any atom is -0.373 e. The first-order valence-electron chi connectivity index (χ1n) is 10.6. The Morgan fingerprint density at radius 1 is 1.06 bits per heavy atom. The highest BCUT2D eigenvalue weighted by atomic mass is 19.1. The number of rotatable bonds is 6. The van der Waals surface area contributed by atoms with Crippen LogP contribution in [-0.4, -0.2) is 48.4 Å². The zero-order valence-electron chi connectivity index (χ0n) is 17.8. The van der Waals surface area contributed by atoms with Crippen molar-refractivity contribution < 1.29 is 14.0 Å². The second-order valence-electron chi connectivity index (χ2n) is 7.92. The van der Waals surface area contributed by atoms with E-state index in [0.717, 1.165) is 44.6 Å². The molecule has 2 aromatic rings. The lowest BCUT2D eigenvalue weighted by Crippen LogP contribution is -2.56. The van der Waals surface area contributed by atoms with Crippen LogP contribution in [0.15, 0.2) is 54.6 Å². The Morgan fingerprint density at radius 3 is 2.31 bits per heavy atom. The van der Waals surface area contributed by atoms with Gasteiger partial charge in [0.2, 0.25) is 5.91 Å². The fourth-order valence-corrected chi connectivity index (χ4v) is 4.42. The standard InChI is InChI=1S/C23H26FN3O2.N3/c24-19-10-8-18(9-11-19)21(28)7-4-14-26-15-12-23(13-16-26)22(29)25-17-27(23)20-5-2-1-3-6-20;1-3-2/h1-3,5-6,8-11H,4,7,12-17H2,(H,25,29);/q;-1. The molecule has 0 aromatic heterocycles. The van der Waals surface area contributed by atoms with Crippen LogP contribution in [0, 0.1) is 5.82 Å². The molecule has 1 spiro atoms. The summed E-state index contributed by atoms with van der Waals surface area (Å²) in [7, 11) is 0. The summed E-state index contributed by atoms with van der Waals surface area (Å²) >= 11 is 0. The molecule has 2 aromatic carbocycles. The fourth-order valence-electron chi connectivity index (χ4n) is 4.42. The number of amides is 1. The minimum atomic E-state index is -0.470. The number of para-hydroxylation sites is 1. The number of carbonyl (C=O) groups excluding carboxylic acids is 2. The number of likely N-dealkylation sites (tertiary alicyclic amines) is 1. The summed E-state index contributed by atoms with van der Waals surface area (Å²) in [5.41, 5.74) is 14.7. The molecule has 1 N–H and O–H groups in total. The molecule has 9 heteroatoms. The highest BCUT2D eigenvalue weighted by Gasteiger charge is 2.50. The summed E-state index contributed by atoms with van der Waals surface area (Å²) in [4.78, 5) is 31.0. The van der Waals surface area contributed by atoms with Crippen molar-refractivity contribution in [3.05, 3.63) is 82.0 Å². The van der Waals surface area contributed by atoms with Gasteiger partial charge < -0.3 is 26.2 Å². The van der Waals surface area contributed by atoms with Crippen molar-refractivity contribution in [2.45, 2.75) is 31.2 Å². The lowest BCUT2D eigenvalue weighted by molar-refractivity contribution is -0.125. The van der Waals surface area contributed by atoms with Crippen molar-refractivity contribution in [2.75, 3.05) is 31.2 Å². The third kappa shape index (κ3) is 5.25. The molecule has 0 bridgehead atoms. The Hall–Kier alpha value is -3.42. The Bertz CT molecular complexity index is 952. The number of nitrogens with one attached hydrogen (secondary N) is 1. The Labute approximate surface area is 186 Å². The van der Waals surface area contributed by atoms with E-state index in [-0.39, 0.29) is 17.5 Å². The number of carbonyl (C=O) groups is 2. The van der Waals surface area contributed by atoms with E-state index in [2.05, 4.69) is 27.2 Å². The van der Waals surface area contributed by atoms with Crippen LogP contribution in [0.2, 0.25) is 0 Å². The maximum Gasteiger partial charge on any atom is 0.247 e. The van der Waals surface area contributed by atoms with Crippen molar-refractivity contribution in [2.24, 2.45) is 0 Å². The van der Waals surface area contributed by atoms with E-state index in [1.165, 1.54) is 17.0 Å². The van der Waals surface area contributed by atoms with Crippen LogP contribution in [0.4, 0.5) is 10.1 Å². The molecule has 0 unspecified atom stereocenters. The van der Waals surface area contributed by atoms with Crippen LogP contribution < -0.4 is 10.2 Å². The van der Waals surface area contributed by atoms with E-state index in [1.807, 2.05) is 18.2 Å². The SMILES string of the molecule is O=C(CCCN1CCC2(CC1)C(=O)NCN2c1ccccc1)c1ccc(F)cc1.[N-]=[N+]=[N-]. The van der Waals surface area contributed by atoms with Crippen LogP contribution in [0.3, 0.4) is 0 Å². The molecule has 2 aliphatic rings. The van der Waals surface area contributed by atoms with E-state index in [1.54, 1.807) is 12.1 Å². The normalized spacial score (nSPS) is 17.3. The van der Waals surface area contributed by atoms with Gasteiger partial charge in [-0.15, -0.1) is 0 Å². The van der Waals surface area contributed by atoms with Gasteiger partial charge >= 0.3 is 0 Å². The molecule has 4 rings (SSSR count). The highest BCUT2D eigenvalue weighted by molar-refractivity contribution is 5.96. The van der Waals surface area contributed by atoms with Crippen LogP contribution in [0.5, 0.6) is 0 Å². The lowest BCUT2D eigenvalue weighted by atomic mass is 9.85. The second-order valence-corrected chi connectivity index (χ2v) is 7.92. The summed E-state index contributed by atoms with van der Waals surface area (Å²) < 4.78 is 13.0. The molecule has 1 amide bonds. The van der Waals surface area contributed by atoms with E-state index in [4.69, 9.17) is 11.1 Å². The van der Waals surface area contributed by atoms with Crippen molar-refractivity contribution in [3.63, 3.8) is 0 Å². The van der Waals surface area contributed by atoms with E-state index in [0.29, 0.717) is 18.7 Å². The zero-order chi connectivity index (χ0) is 23.0. The number of Topliss-reactive ketones (excluding diaryl/α,β-unsaturated/α-hetero) is 1.